The van der Waals surface area contributed by atoms with Gasteiger partial charge in [0, 0.05) is 38.4 Å². The zero-order chi connectivity index (χ0) is 21.3. The van der Waals surface area contributed by atoms with E-state index in [0.29, 0.717) is 33.6 Å². The van der Waals surface area contributed by atoms with Crippen LogP contribution < -0.4 is 5.32 Å². The lowest BCUT2D eigenvalue weighted by Gasteiger charge is -2.24. The predicted molar refractivity (Wildman–Crippen MR) is 111 cm³/mol. The normalized spacial score (nSPS) is 15.5. The minimum absolute atomic E-state index is 0.120. The topological polar surface area (TPSA) is 105 Å². The lowest BCUT2D eigenvalue weighted by atomic mass is 9.89. The van der Waals surface area contributed by atoms with E-state index in [1.165, 1.54) is 6.92 Å². The average molecular weight is 424 g/mol. The van der Waals surface area contributed by atoms with Gasteiger partial charge in [-0.05, 0) is 0 Å². The molecule has 2 aromatic heterocycles. The van der Waals surface area contributed by atoms with Crippen LogP contribution in [0.1, 0.15) is 34.4 Å². The van der Waals surface area contributed by atoms with Crippen LogP contribution in [0, 0.1) is 5.92 Å². The summed E-state index contributed by atoms with van der Waals surface area (Å²) >= 11 is 1.16. The van der Waals surface area contributed by atoms with Crippen molar-refractivity contribution in [3.63, 3.8) is 0 Å². The van der Waals surface area contributed by atoms with Gasteiger partial charge < -0.3 is 14.7 Å². The summed E-state index contributed by atoms with van der Waals surface area (Å²) in [4.78, 5) is 43.1. The van der Waals surface area contributed by atoms with Crippen LogP contribution in [0.5, 0.6) is 0 Å². The second kappa shape index (κ2) is 8.19. The van der Waals surface area contributed by atoms with Crippen molar-refractivity contribution < 1.29 is 18.9 Å². The zero-order valence-corrected chi connectivity index (χ0v) is 17.4. The number of carbonyl (C=O) groups is 3. The number of nitrogens with one attached hydrogen (secondary N) is 1. The van der Waals surface area contributed by atoms with Crippen LogP contribution in [-0.4, -0.2) is 39.7 Å². The Hall–Kier alpha value is -3.33. The molecule has 0 spiro atoms. The SMILES string of the molecule is CC(=O)Nc1nc2c(s1)C(=O)CC(C(=O)N(C)Cc1cc(-c3ccccc3)on1)C2. The van der Waals surface area contributed by atoms with E-state index < -0.39 is 5.92 Å². The average Bonchev–Trinajstić information content (AvgIpc) is 3.34. The van der Waals surface area contributed by atoms with Gasteiger partial charge in [-0.3, -0.25) is 14.4 Å². The number of ketones is 1. The van der Waals surface area contributed by atoms with Crippen LogP contribution in [0.4, 0.5) is 5.13 Å². The Bertz CT molecular complexity index is 1110. The molecule has 9 heteroatoms. The summed E-state index contributed by atoms with van der Waals surface area (Å²) < 4.78 is 5.39. The molecule has 3 aromatic rings. The number of hydrogen-bond donors (Lipinski definition) is 1. The summed E-state index contributed by atoms with van der Waals surface area (Å²) in [5, 5.41) is 7.04. The largest absolute Gasteiger partial charge is 0.356 e. The fourth-order valence-corrected chi connectivity index (χ4v) is 4.45. The van der Waals surface area contributed by atoms with Crippen LogP contribution in [0.25, 0.3) is 11.3 Å². The Balaban J connectivity index is 1.43. The number of rotatable bonds is 5. The molecule has 154 valence electrons. The molecule has 8 nitrogen and oxygen atoms in total. The van der Waals surface area contributed by atoms with E-state index in [0.717, 1.165) is 16.9 Å². The summed E-state index contributed by atoms with van der Waals surface area (Å²) in [5.41, 5.74) is 2.11. The maximum atomic E-state index is 12.9. The third-order valence-electron chi connectivity index (χ3n) is 4.85. The number of hydrogen-bond acceptors (Lipinski definition) is 7. The van der Waals surface area contributed by atoms with E-state index in [1.807, 2.05) is 36.4 Å². The number of benzene rings is 1. The molecule has 2 amide bonds. The highest BCUT2D eigenvalue weighted by Crippen LogP contribution is 2.33. The molecule has 1 unspecified atom stereocenters. The van der Waals surface area contributed by atoms with Gasteiger partial charge in [-0.15, -0.1) is 0 Å². The first-order chi connectivity index (χ1) is 14.4. The van der Waals surface area contributed by atoms with Crippen LogP contribution in [0.15, 0.2) is 40.9 Å². The van der Waals surface area contributed by atoms with Gasteiger partial charge in [-0.2, -0.15) is 0 Å². The van der Waals surface area contributed by atoms with Crippen molar-refractivity contribution in [3.05, 3.63) is 52.7 Å². The maximum absolute atomic E-state index is 12.9. The number of anilines is 1. The highest BCUT2D eigenvalue weighted by Gasteiger charge is 2.34. The lowest BCUT2D eigenvalue weighted by Crippen LogP contribution is -2.36. The monoisotopic (exact) mass is 424 g/mol. The van der Waals surface area contributed by atoms with Crippen LogP contribution >= 0.6 is 11.3 Å². The summed E-state index contributed by atoms with van der Waals surface area (Å²) in [6.07, 6.45) is 0.500. The Labute approximate surface area is 176 Å². The summed E-state index contributed by atoms with van der Waals surface area (Å²) in [7, 11) is 1.68. The third-order valence-corrected chi connectivity index (χ3v) is 5.90. The van der Waals surface area contributed by atoms with Crippen molar-refractivity contribution in [2.24, 2.45) is 5.92 Å². The standard InChI is InChI=1S/C21H20N4O4S/c1-12(26)22-21-23-16-8-14(9-17(27)19(16)30-21)20(28)25(2)11-15-10-18(29-24-15)13-6-4-3-5-7-13/h3-7,10,14H,8-9,11H2,1-2H3,(H,22,23,26). The molecule has 1 aliphatic rings. The summed E-state index contributed by atoms with van der Waals surface area (Å²) in [6, 6.07) is 11.4. The quantitative estimate of drug-likeness (QED) is 0.674. The number of fused-ring (bicyclic) bond motifs is 1. The molecule has 1 atom stereocenters. The first kappa shape index (κ1) is 20.0. The molecule has 0 fully saturated rings. The third kappa shape index (κ3) is 4.16. The molecule has 0 saturated carbocycles. The van der Waals surface area contributed by atoms with E-state index in [2.05, 4.69) is 15.5 Å². The Morgan fingerprint density at radius 3 is 2.77 bits per heavy atom. The molecule has 4 rings (SSSR count). The van der Waals surface area contributed by atoms with Crippen molar-refractivity contribution in [1.82, 2.24) is 15.0 Å². The Morgan fingerprint density at radius 2 is 2.03 bits per heavy atom. The van der Waals surface area contributed by atoms with Gasteiger partial charge in [0.2, 0.25) is 11.8 Å². The predicted octanol–water partition coefficient (Wildman–Crippen LogP) is 3.16. The van der Waals surface area contributed by atoms with Crippen LogP contribution in [-0.2, 0) is 22.6 Å². The smallest absolute Gasteiger partial charge is 0.226 e. The highest BCUT2D eigenvalue weighted by molar-refractivity contribution is 7.17. The number of amides is 2. The van der Waals surface area contributed by atoms with Crippen LogP contribution in [0.2, 0.25) is 0 Å². The van der Waals surface area contributed by atoms with Gasteiger partial charge in [0.1, 0.15) is 5.69 Å². The van der Waals surface area contributed by atoms with Gasteiger partial charge >= 0.3 is 0 Å². The maximum Gasteiger partial charge on any atom is 0.226 e. The fourth-order valence-electron chi connectivity index (χ4n) is 3.47. The molecular weight excluding hydrogens is 404 g/mol. The van der Waals surface area contributed by atoms with Crippen molar-refractivity contribution in [2.75, 3.05) is 12.4 Å². The Morgan fingerprint density at radius 1 is 1.27 bits per heavy atom. The summed E-state index contributed by atoms with van der Waals surface area (Å²) in [5.74, 6) is -0.361. The number of aromatic nitrogens is 2. The number of carbonyl (C=O) groups excluding carboxylic acids is 3. The zero-order valence-electron chi connectivity index (χ0n) is 16.5. The van der Waals surface area contributed by atoms with Gasteiger partial charge in [0.05, 0.1) is 23.0 Å². The second-order valence-corrected chi connectivity index (χ2v) is 8.25. The van der Waals surface area contributed by atoms with Gasteiger partial charge in [0.25, 0.3) is 0 Å². The first-order valence-electron chi connectivity index (χ1n) is 9.47. The molecular formula is C21H20N4O4S. The van der Waals surface area contributed by atoms with E-state index in [4.69, 9.17) is 4.52 Å². The van der Waals surface area contributed by atoms with E-state index >= 15 is 0 Å². The molecule has 0 bridgehead atoms. The van der Waals surface area contributed by atoms with Crippen molar-refractivity contribution in [3.8, 4) is 11.3 Å². The molecule has 1 aliphatic carbocycles. The summed E-state index contributed by atoms with van der Waals surface area (Å²) in [6.45, 7) is 1.66. The van der Waals surface area contributed by atoms with Crippen LogP contribution in [0.3, 0.4) is 0 Å². The molecule has 1 N–H and O–H groups in total. The van der Waals surface area contributed by atoms with Crippen molar-refractivity contribution in [1.29, 1.82) is 0 Å². The van der Waals surface area contributed by atoms with Gasteiger partial charge in [0.15, 0.2) is 16.7 Å². The number of nitrogens with zero attached hydrogens (tertiary/aromatic N) is 3. The van der Waals surface area contributed by atoms with E-state index in [-0.39, 0.29) is 30.6 Å². The minimum Gasteiger partial charge on any atom is -0.356 e. The van der Waals surface area contributed by atoms with Gasteiger partial charge in [-0.1, -0.05) is 46.8 Å². The molecule has 0 saturated heterocycles. The van der Waals surface area contributed by atoms with Gasteiger partial charge in [-0.25, -0.2) is 4.98 Å². The van der Waals surface area contributed by atoms with E-state index in [9.17, 15) is 14.4 Å². The molecule has 0 aliphatic heterocycles. The first-order valence-corrected chi connectivity index (χ1v) is 10.3. The second-order valence-electron chi connectivity index (χ2n) is 7.25. The van der Waals surface area contributed by atoms with E-state index in [1.54, 1.807) is 11.9 Å². The molecule has 0 radical (unpaired) electrons. The van der Waals surface area contributed by atoms with Crippen molar-refractivity contribution >= 4 is 34.1 Å². The number of Topliss-reactive ketones (excluding diaryl/α,β-unsaturated/α-hetero) is 1. The molecule has 2 heterocycles. The lowest BCUT2D eigenvalue weighted by molar-refractivity contribution is -0.134. The highest BCUT2D eigenvalue weighted by atomic mass is 32.1. The fraction of sp³-hybridized carbons (Fsp3) is 0.286. The minimum atomic E-state index is -0.484. The number of thiazole rings is 1. The molecule has 30 heavy (non-hydrogen) atoms. The Kier molecular flexibility index (Phi) is 5.45. The molecule has 1 aromatic carbocycles. The van der Waals surface area contributed by atoms with Crippen molar-refractivity contribution in [2.45, 2.75) is 26.3 Å².